The van der Waals surface area contributed by atoms with E-state index in [1.54, 1.807) is 32.4 Å². The van der Waals surface area contributed by atoms with E-state index in [2.05, 4.69) is 5.32 Å². The fourth-order valence-corrected chi connectivity index (χ4v) is 2.48. The van der Waals surface area contributed by atoms with Gasteiger partial charge in [0.15, 0.2) is 11.5 Å². The van der Waals surface area contributed by atoms with Gasteiger partial charge in [0.2, 0.25) is 0 Å². The molecule has 0 heterocycles. The summed E-state index contributed by atoms with van der Waals surface area (Å²) in [7, 11) is 4.70. The Bertz CT molecular complexity index is 718. The quantitative estimate of drug-likeness (QED) is 0.833. The van der Waals surface area contributed by atoms with Crippen LogP contribution in [0.4, 0.5) is 0 Å². The number of hydrogen-bond acceptors (Lipinski definition) is 4. The van der Waals surface area contributed by atoms with Gasteiger partial charge in [0, 0.05) is 11.6 Å². The summed E-state index contributed by atoms with van der Waals surface area (Å²) in [6.07, 6.45) is 0.662. The van der Waals surface area contributed by atoms with Crippen LogP contribution in [0.3, 0.4) is 0 Å². The molecule has 0 saturated carbocycles. The molecule has 0 radical (unpaired) electrons. The van der Waals surface area contributed by atoms with Crippen LogP contribution in [0.5, 0.6) is 17.2 Å². The maximum absolute atomic E-state index is 12.3. The average molecular weight is 350 g/mol. The molecule has 0 aliphatic heterocycles. The molecule has 6 heteroatoms. The van der Waals surface area contributed by atoms with Crippen molar-refractivity contribution < 1.29 is 19.0 Å². The number of rotatable bonds is 7. The molecule has 0 aromatic heterocycles. The van der Waals surface area contributed by atoms with Gasteiger partial charge in [-0.05, 0) is 42.3 Å². The van der Waals surface area contributed by atoms with Crippen molar-refractivity contribution in [1.82, 2.24) is 5.32 Å². The van der Waals surface area contributed by atoms with Gasteiger partial charge in [-0.25, -0.2) is 0 Å². The van der Waals surface area contributed by atoms with E-state index in [-0.39, 0.29) is 5.91 Å². The van der Waals surface area contributed by atoms with E-state index in [4.69, 9.17) is 25.8 Å². The number of nitrogens with one attached hydrogen (secondary N) is 1. The Labute approximate surface area is 146 Å². The van der Waals surface area contributed by atoms with E-state index < -0.39 is 0 Å². The molecule has 0 aliphatic rings. The molecule has 0 fully saturated rings. The minimum Gasteiger partial charge on any atom is -0.496 e. The van der Waals surface area contributed by atoms with Gasteiger partial charge < -0.3 is 19.5 Å². The molecule has 0 spiro atoms. The zero-order valence-electron chi connectivity index (χ0n) is 13.9. The lowest BCUT2D eigenvalue weighted by Crippen LogP contribution is -2.26. The van der Waals surface area contributed by atoms with Crippen molar-refractivity contribution in [2.45, 2.75) is 6.42 Å². The second-order valence-corrected chi connectivity index (χ2v) is 5.48. The molecule has 5 nitrogen and oxygen atoms in total. The van der Waals surface area contributed by atoms with Crippen LogP contribution in [0.15, 0.2) is 36.4 Å². The minimum absolute atomic E-state index is 0.227. The van der Waals surface area contributed by atoms with E-state index >= 15 is 0 Å². The van der Waals surface area contributed by atoms with Crippen LogP contribution >= 0.6 is 11.6 Å². The SMILES string of the molecule is COc1ccc(CCNC(=O)c2cc(Cl)ccc2OC)cc1OC. The lowest BCUT2D eigenvalue weighted by atomic mass is 10.1. The largest absolute Gasteiger partial charge is 0.496 e. The fraction of sp³-hybridized carbons (Fsp3) is 0.278. The highest BCUT2D eigenvalue weighted by Crippen LogP contribution is 2.27. The first kappa shape index (κ1) is 17.9. The normalized spacial score (nSPS) is 10.2. The van der Waals surface area contributed by atoms with Crippen LogP contribution in [0.2, 0.25) is 5.02 Å². The second-order valence-electron chi connectivity index (χ2n) is 5.04. The standard InChI is InChI=1S/C18H20ClNO4/c1-22-15-7-5-13(19)11-14(15)18(21)20-9-8-12-4-6-16(23-2)17(10-12)24-3/h4-7,10-11H,8-9H2,1-3H3,(H,20,21). The van der Waals surface area contributed by atoms with Gasteiger partial charge in [-0.15, -0.1) is 0 Å². The summed E-state index contributed by atoms with van der Waals surface area (Å²) < 4.78 is 15.7. The van der Waals surface area contributed by atoms with Crippen molar-refractivity contribution in [3.63, 3.8) is 0 Å². The number of halogens is 1. The molecule has 2 rings (SSSR count). The molecule has 1 amide bonds. The van der Waals surface area contributed by atoms with Crippen LogP contribution in [0.25, 0.3) is 0 Å². The van der Waals surface area contributed by atoms with Crippen LogP contribution in [0, 0.1) is 0 Å². The summed E-state index contributed by atoms with van der Waals surface area (Å²) in [5.74, 6) is 1.60. The summed E-state index contributed by atoms with van der Waals surface area (Å²) in [5.41, 5.74) is 1.45. The van der Waals surface area contributed by atoms with E-state index in [0.29, 0.717) is 40.8 Å². The number of methoxy groups -OCH3 is 3. The van der Waals surface area contributed by atoms with Gasteiger partial charge >= 0.3 is 0 Å². The lowest BCUT2D eigenvalue weighted by Gasteiger charge is -2.11. The van der Waals surface area contributed by atoms with Gasteiger partial charge in [0.1, 0.15) is 5.75 Å². The zero-order valence-corrected chi connectivity index (χ0v) is 14.6. The third-order valence-electron chi connectivity index (χ3n) is 3.55. The Morgan fingerprint density at radius 1 is 0.958 bits per heavy atom. The smallest absolute Gasteiger partial charge is 0.255 e. The predicted octanol–water partition coefficient (Wildman–Crippen LogP) is 3.34. The van der Waals surface area contributed by atoms with E-state index in [0.717, 1.165) is 5.56 Å². The number of ether oxygens (including phenoxy) is 3. The third-order valence-corrected chi connectivity index (χ3v) is 3.79. The third kappa shape index (κ3) is 4.32. The Balaban J connectivity index is 1.99. The molecule has 0 unspecified atom stereocenters. The number of carbonyl (C=O) groups is 1. The molecule has 0 saturated heterocycles. The first-order valence-corrected chi connectivity index (χ1v) is 7.79. The summed E-state index contributed by atoms with van der Waals surface area (Å²) in [6.45, 7) is 0.476. The molecule has 0 aliphatic carbocycles. The van der Waals surface area contributed by atoms with Crippen molar-refractivity contribution in [3.05, 3.63) is 52.5 Å². The zero-order chi connectivity index (χ0) is 17.5. The summed E-state index contributed by atoms with van der Waals surface area (Å²) in [4.78, 5) is 12.3. The predicted molar refractivity (Wildman–Crippen MR) is 93.6 cm³/mol. The van der Waals surface area contributed by atoms with E-state index in [1.165, 1.54) is 7.11 Å². The Hall–Kier alpha value is -2.40. The topological polar surface area (TPSA) is 56.8 Å². The van der Waals surface area contributed by atoms with Gasteiger partial charge in [-0.2, -0.15) is 0 Å². The summed E-state index contributed by atoms with van der Waals surface area (Å²) in [6, 6.07) is 10.6. The minimum atomic E-state index is -0.227. The molecule has 0 bridgehead atoms. The number of benzene rings is 2. The lowest BCUT2D eigenvalue weighted by molar-refractivity contribution is 0.0951. The Morgan fingerprint density at radius 2 is 1.62 bits per heavy atom. The van der Waals surface area contributed by atoms with Gasteiger partial charge in [0.05, 0.1) is 26.9 Å². The monoisotopic (exact) mass is 349 g/mol. The first-order chi connectivity index (χ1) is 11.6. The van der Waals surface area contributed by atoms with E-state index in [1.807, 2.05) is 18.2 Å². The highest BCUT2D eigenvalue weighted by atomic mass is 35.5. The molecule has 0 atom stereocenters. The van der Waals surface area contributed by atoms with Crippen LogP contribution in [-0.2, 0) is 6.42 Å². The molecular weight excluding hydrogens is 330 g/mol. The molecule has 2 aromatic carbocycles. The molecule has 1 N–H and O–H groups in total. The van der Waals surface area contributed by atoms with Crippen LogP contribution in [0.1, 0.15) is 15.9 Å². The van der Waals surface area contributed by atoms with Crippen molar-refractivity contribution in [3.8, 4) is 17.2 Å². The van der Waals surface area contributed by atoms with Gasteiger partial charge in [-0.3, -0.25) is 4.79 Å². The highest BCUT2D eigenvalue weighted by molar-refractivity contribution is 6.31. The van der Waals surface area contributed by atoms with Crippen LogP contribution in [-0.4, -0.2) is 33.8 Å². The fourth-order valence-electron chi connectivity index (χ4n) is 2.31. The average Bonchev–Trinajstić information content (AvgIpc) is 2.61. The van der Waals surface area contributed by atoms with Crippen molar-refractivity contribution in [1.29, 1.82) is 0 Å². The number of amides is 1. The maximum Gasteiger partial charge on any atom is 0.255 e. The van der Waals surface area contributed by atoms with Crippen LogP contribution < -0.4 is 19.5 Å². The second kappa shape index (κ2) is 8.45. The Kier molecular flexibility index (Phi) is 6.32. The molecular formula is C18H20ClNO4. The number of hydrogen-bond donors (Lipinski definition) is 1. The van der Waals surface area contributed by atoms with Crippen molar-refractivity contribution in [2.75, 3.05) is 27.9 Å². The van der Waals surface area contributed by atoms with Gasteiger partial charge in [-0.1, -0.05) is 17.7 Å². The summed E-state index contributed by atoms with van der Waals surface area (Å²) >= 11 is 5.95. The number of carbonyl (C=O) groups excluding carboxylic acids is 1. The van der Waals surface area contributed by atoms with E-state index in [9.17, 15) is 4.79 Å². The molecule has 128 valence electrons. The summed E-state index contributed by atoms with van der Waals surface area (Å²) in [5, 5.41) is 3.35. The molecule has 24 heavy (non-hydrogen) atoms. The molecule has 2 aromatic rings. The van der Waals surface area contributed by atoms with Crippen molar-refractivity contribution in [2.24, 2.45) is 0 Å². The first-order valence-electron chi connectivity index (χ1n) is 7.41. The van der Waals surface area contributed by atoms with Crippen molar-refractivity contribution >= 4 is 17.5 Å². The Morgan fingerprint density at radius 3 is 2.29 bits per heavy atom. The maximum atomic E-state index is 12.3. The highest BCUT2D eigenvalue weighted by Gasteiger charge is 2.12. The van der Waals surface area contributed by atoms with Gasteiger partial charge in [0.25, 0.3) is 5.91 Å².